The lowest BCUT2D eigenvalue weighted by Gasteiger charge is -2.16. The maximum Gasteiger partial charge on any atom is 0.303 e. The van der Waals surface area contributed by atoms with Gasteiger partial charge in [0.15, 0.2) is 0 Å². The summed E-state index contributed by atoms with van der Waals surface area (Å²) in [5, 5.41) is 12.0. The Hall–Kier alpha value is -0.940. The second-order valence-corrected chi connectivity index (χ2v) is 7.33. The van der Waals surface area contributed by atoms with Gasteiger partial charge in [0.2, 0.25) is 0 Å². The van der Waals surface area contributed by atoms with Crippen LogP contribution in [0.25, 0.3) is 0 Å². The topological polar surface area (TPSA) is 43.1 Å². The molecular weight excluding hydrogens is 254 g/mol. The molecule has 3 aliphatic rings. The summed E-state index contributed by atoms with van der Waals surface area (Å²) in [6, 6.07) is 9.84. The van der Waals surface area contributed by atoms with Crippen molar-refractivity contribution in [2.75, 3.05) is 0 Å². The summed E-state index contributed by atoms with van der Waals surface area (Å²) >= 11 is 3.22. The second kappa shape index (κ2) is 2.90. The number of rotatable bonds is 2. The zero-order chi connectivity index (χ0) is 11.7. The van der Waals surface area contributed by atoms with Gasteiger partial charge in [0.1, 0.15) is 10.00 Å². The van der Waals surface area contributed by atoms with E-state index in [1.165, 1.54) is 11.8 Å². The number of fused-ring (bicyclic) bond motifs is 3. The van der Waals surface area contributed by atoms with Crippen LogP contribution in [-0.2, 0) is 4.75 Å². The summed E-state index contributed by atoms with van der Waals surface area (Å²) in [5.41, 5.74) is 1.06. The Bertz CT molecular complexity index is 547. The predicted octanol–water partition coefficient (Wildman–Crippen LogP) is 2.66. The normalized spacial score (nSPS) is 44.7. The third kappa shape index (κ3) is 1.03. The Morgan fingerprint density at radius 2 is 2.06 bits per heavy atom. The first kappa shape index (κ1) is 10.0. The molecule has 0 radical (unpaired) electrons. The Kier molecular flexibility index (Phi) is 1.71. The van der Waals surface area contributed by atoms with E-state index in [2.05, 4.69) is 12.2 Å². The van der Waals surface area contributed by atoms with Crippen molar-refractivity contribution < 1.29 is 4.92 Å². The molecule has 17 heavy (non-hydrogen) atoms. The molecule has 2 aliphatic heterocycles. The molecule has 86 valence electrons. The van der Waals surface area contributed by atoms with Crippen LogP contribution >= 0.6 is 23.5 Å². The average molecular weight is 263 g/mol. The van der Waals surface area contributed by atoms with Gasteiger partial charge < -0.3 is 0 Å². The van der Waals surface area contributed by atoms with Crippen molar-refractivity contribution in [2.24, 2.45) is 0 Å². The van der Waals surface area contributed by atoms with Crippen LogP contribution in [-0.4, -0.2) is 20.3 Å². The highest BCUT2D eigenvalue weighted by molar-refractivity contribution is 8.14. The van der Waals surface area contributed by atoms with Gasteiger partial charge in [-0.3, -0.25) is 10.1 Å². The highest BCUT2D eigenvalue weighted by Gasteiger charge is 2.88. The second-order valence-electron chi connectivity index (χ2n) is 4.54. The quantitative estimate of drug-likeness (QED) is 0.356. The molecule has 1 aromatic carbocycles. The van der Waals surface area contributed by atoms with E-state index in [9.17, 15) is 10.1 Å². The fourth-order valence-electron chi connectivity index (χ4n) is 2.78. The van der Waals surface area contributed by atoms with Gasteiger partial charge in [-0.25, -0.2) is 0 Å². The lowest BCUT2D eigenvalue weighted by atomic mass is 9.85. The number of nitrogens with zero attached hydrogens (tertiary/aromatic N) is 1. The monoisotopic (exact) mass is 263 g/mol. The van der Waals surface area contributed by atoms with E-state index in [0.717, 1.165) is 5.56 Å². The van der Waals surface area contributed by atoms with Crippen LogP contribution in [0.15, 0.2) is 42.5 Å². The van der Waals surface area contributed by atoms with Crippen LogP contribution in [0.4, 0.5) is 0 Å². The van der Waals surface area contributed by atoms with Crippen LogP contribution in [0.3, 0.4) is 0 Å². The fraction of sp³-hybridized carbons (Fsp3) is 0.333. The first-order chi connectivity index (χ1) is 8.21. The zero-order valence-electron chi connectivity index (χ0n) is 8.78. The van der Waals surface area contributed by atoms with Crippen molar-refractivity contribution in [1.29, 1.82) is 0 Å². The van der Waals surface area contributed by atoms with Gasteiger partial charge in [0, 0.05) is 10.2 Å². The summed E-state index contributed by atoms with van der Waals surface area (Å²) in [6.07, 6.45) is 4.20. The SMILES string of the molecule is O=[N+]([O-])C12SC1(c1ccccc1)C=CC1SC12. The molecule has 4 rings (SSSR count). The maximum absolute atomic E-state index is 11.5. The van der Waals surface area contributed by atoms with Crippen molar-refractivity contribution in [2.45, 2.75) is 20.1 Å². The fourth-order valence-corrected chi connectivity index (χ4v) is 5.98. The van der Waals surface area contributed by atoms with E-state index < -0.39 is 9.62 Å². The molecule has 1 aromatic rings. The Labute approximate surface area is 107 Å². The minimum atomic E-state index is -0.807. The Balaban J connectivity index is 1.88. The molecule has 0 bridgehead atoms. The summed E-state index contributed by atoms with van der Waals surface area (Å²) in [5.74, 6) is 0. The molecule has 1 aliphatic carbocycles. The minimum Gasteiger partial charge on any atom is -0.263 e. The molecule has 2 heterocycles. The Morgan fingerprint density at radius 1 is 1.29 bits per heavy atom. The van der Waals surface area contributed by atoms with E-state index in [1.54, 1.807) is 11.8 Å². The molecule has 2 fully saturated rings. The summed E-state index contributed by atoms with van der Waals surface area (Å²) in [7, 11) is 0. The zero-order valence-corrected chi connectivity index (χ0v) is 10.4. The van der Waals surface area contributed by atoms with Crippen molar-refractivity contribution in [1.82, 2.24) is 0 Å². The van der Waals surface area contributed by atoms with Crippen LogP contribution in [0, 0.1) is 10.1 Å². The standard InChI is InChI=1S/C12H9NO2S2/c14-13(15)12-10-9(16-10)6-7-11(12,17-12)8-4-2-1-3-5-8/h1-7,9-10H. The molecule has 0 aromatic heterocycles. The first-order valence-corrected chi connectivity index (χ1v) is 7.22. The van der Waals surface area contributed by atoms with Gasteiger partial charge in [-0.05, 0) is 5.56 Å². The largest absolute Gasteiger partial charge is 0.303 e. The lowest BCUT2D eigenvalue weighted by molar-refractivity contribution is -0.529. The van der Waals surface area contributed by atoms with Crippen molar-refractivity contribution >= 4 is 23.5 Å². The third-order valence-corrected chi connectivity index (χ3v) is 7.06. The molecule has 5 heteroatoms. The molecule has 4 atom stereocenters. The summed E-state index contributed by atoms with van der Waals surface area (Å²) in [4.78, 5) is 10.6. The van der Waals surface area contributed by atoms with Gasteiger partial charge in [-0.15, -0.1) is 11.8 Å². The summed E-state index contributed by atoms with van der Waals surface area (Å²) < 4.78 is -0.414. The van der Waals surface area contributed by atoms with Crippen LogP contribution in [0.5, 0.6) is 0 Å². The molecule has 0 spiro atoms. The van der Waals surface area contributed by atoms with Crippen molar-refractivity contribution in [3.63, 3.8) is 0 Å². The maximum atomic E-state index is 11.5. The van der Waals surface area contributed by atoms with Gasteiger partial charge >= 0.3 is 4.87 Å². The molecule has 0 amide bonds. The van der Waals surface area contributed by atoms with Crippen LogP contribution in [0.1, 0.15) is 5.56 Å². The lowest BCUT2D eigenvalue weighted by Crippen LogP contribution is -2.38. The average Bonchev–Trinajstić information content (AvgIpc) is 3.21. The van der Waals surface area contributed by atoms with Gasteiger partial charge in [-0.1, -0.05) is 54.2 Å². The highest BCUT2D eigenvalue weighted by Crippen LogP contribution is 2.80. The number of hydrogen-bond donors (Lipinski definition) is 0. The van der Waals surface area contributed by atoms with Crippen LogP contribution in [0.2, 0.25) is 0 Å². The van der Waals surface area contributed by atoms with E-state index in [1.807, 2.05) is 30.3 Å². The molecule has 4 unspecified atom stereocenters. The smallest absolute Gasteiger partial charge is 0.263 e. The van der Waals surface area contributed by atoms with Crippen molar-refractivity contribution in [3.8, 4) is 0 Å². The predicted molar refractivity (Wildman–Crippen MR) is 69.7 cm³/mol. The molecule has 3 nitrogen and oxygen atoms in total. The van der Waals surface area contributed by atoms with Gasteiger partial charge in [-0.2, -0.15) is 0 Å². The number of hydrogen-bond acceptors (Lipinski definition) is 4. The Morgan fingerprint density at radius 3 is 2.76 bits per heavy atom. The van der Waals surface area contributed by atoms with Crippen LogP contribution < -0.4 is 0 Å². The molecule has 0 saturated carbocycles. The number of benzene rings is 1. The van der Waals surface area contributed by atoms with Gasteiger partial charge in [0.25, 0.3) is 0 Å². The molecule has 2 saturated heterocycles. The third-order valence-electron chi connectivity index (χ3n) is 3.71. The minimum absolute atomic E-state index is 0.0637. The van der Waals surface area contributed by atoms with E-state index >= 15 is 0 Å². The molecular formula is C12H9NO2S2. The van der Waals surface area contributed by atoms with Crippen molar-refractivity contribution in [3.05, 3.63) is 58.2 Å². The summed E-state index contributed by atoms with van der Waals surface area (Å²) in [6.45, 7) is 0. The highest BCUT2D eigenvalue weighted by atomic mass is 32.2. The van der Waals surface area contributed by atoms with E-state index in [-0.39, 0.29) is 10.2 Å². The number of nitro groups is 1. The number of thioether (sulfide) groups is 2. The van der Waals surface area contributed by atoms with E-state index in [0.29, 0.717) is 5.25 Å². The molecule has 0 N–H and O–H groups in total. The van der Waals surface area contributed by atoms with E-state index in [4.69, 9.17) is 0 Å². The van der Waals surface area contributed by atoms with Gasteiger partial charge in [0.05, 0.1) is 0 Å². The first-order valence-electron chi connectivity index (χ1n) is 5.46.